The number of hydrogen-bond donors (Lipinski definition) is 2. The summed E-state index contributed by atoms with van der Waals surface area (Å²) in [5, 5.41) is 6.60. The van der Waals surface area contributed by atoms with Gasteiger partial charge in [-0.2, -0.15) is 9.97 Å². The molecule has 1 aromatic heterocycles. The lowest BCUT2D eigenvalue weighted by molar-refractivity contribution is 0.355. The van der Waals surface area contributed by atoms with Gasteiger partial charge in [0.1, 0.15) is 11.6 Å². The first-order valence-electron chi connectivity index (χ1n) is 9.43. The normalized spacial score (nSPS) is 24.1. The number of nitrogens with one attached hydrogen (secondary N) is 2. The molecule has 3 rings (SSSR count). The Morgan fingerprint density at radius 1 is 1.04 bits per heavy atom. The molecule has 1 aromatic rings. The van der Waals surface area contributed by atoms with E-state index >= 15 is 0 Å². The number of rotatable bonds is 3. The van der Waals surface area contributed by atoms with E-state index in [4.69, 9.17) is 22.2 Å². The molecule has 0 spiro atoms. The number of nitrogens with zero attached hydrogens (tertiary/aromatic N) is 4. The Morgan fingerprint density at radius 2 is 1.64 bits per heavy atom. The van der Waals surface area contributed by atoms with Crippen LogP contribution < -0.4 is 20.4 Å². The summed E-state index contributed by atoms with van der Waals surface area (Å²) < 4.78 is 0. The van der Waals surface area contributed by atoms with Crippen molar-refractivity contribution >= 4 is 34.9 Å². The first-order chi connectivity index (χ1) is 12.0. The molecular weight excluding hydrogens is 332 g/mol. The fourth-order valence-corrected chi connectivity index (χ4v) is 4.03. The lowest BCUT2D eigenvalue weighted by atomic mass is 9.92. The summed E-state index contributed by atoms with van der Waals surface area (Å²) >= 11 is 5.24. The summed E-state index contributed by atoms with van der Waals surface area (Å²) in [5.74, 6) is 3.98. The minimum absolute atomic E-state index is 0.544. The van der Waals surface area contributed by atoms with E-state index in [1.165, 1.54) is 25.7 Å². The van der Waals surface area contributed by atoms with Crippen LogP contribution in [0, 0.1) is 11.8 Å². The molecule has 0 aromatic carbocycles. The summed E-state index contributed by atoms with van der Waals surface area (Å²) in [6.07, 6.45) is 5.06. The zero-order valence-corrected chi connectivity index (χ0v) is 16.4. The molecule has 0 bridgehead atoms. The van der Waals surface area contributed by atoms with Crippen LogP contribution in [-0.2, 0) is 0 Å². The largest absolute Gasteiger partial charge is 0.365 e. The van der Waals surface area contributed by atoms with Gasteiger partial charge in [-0.05, 0) is 49.7 Å². The molecule has 6 nitrogen and oxygen atoms in total. The first kappa shape index (κ1) is 18.2. The summed E-state index contributed by atoms with van der Waals surface area (Å²) in [4.78, 5) is 14.3. The van der Waals surface area contributed by atoms with Gasteiger partial charge in [-0.25, -0.2) is 0 Å². The number of aromatic nitrogens is 2. The van der Waals surface area contributed by atoms with Crippen molar-refractivity contribution in [1.82, 2.24) is 15.3 Å². The maximum Gasteiger partial charge on any atom is 0.232 e. The molecule has 0 amide bonds. The van der Waals surface area contributed by atoms with Crippen molar-refractivity contribution in [1.29, 1.82) is 0 Å². The number of thiocarbonyl (C=S) groups is 1. The Morgan fingerprint density at radius 3 is 2.24 bits per heavy atom. The van der Waals surface area contributed by atoms with E-state index in [1.807, 2.05) is 0 Å². The minimum Gasteiger partial charge on any atom is -0.365 e. The topological polar surface area (TPSA) is 56.3 Å². The van der Waals surface area contributed by atoms with Crippen LogP contribution in [-0.4, -0.2) is 48.3 Å². The van der Waals surface area contributed by atoms with E-state index < -0.39 is 0 Å². The summed E-state index contributed by atoms with van der Waals surface area (Å²) in [6, 6.07) is 2.16. The van der Waals surface area contributed by atoms with Crippen molar-refractivity contribution in [2.45, 2.75) is 39.5 Å². The van der Waals surface area contributed by atoms with Crippen LogP contribution in [0.5, 0.6) is 0 Å². The second-order valence-electron chi connectivity index (χ2n) is 7.51. The Kier molecular flexibility index (Phi) is 5.93. The molecule has 0 radical (unpaired) electrons. The minimum atomic E-state index is 0.544. The van der Waals surface area contributed by atoms with Crippen LogP contribution in [0.4, 0.5) is 17.6 Å². The van der Waals surface area contributed by atoms with Gasteiger partial charge >= 0.3 is 0 Å². The van der Waals surface area contributed by atoms with E-state index in [0.29, 0.717) is 22.9 Å². The lowest BCUT2D eigenvalue weighted by Crippen LogP contribution is -2.39. The predicted molar refractivity (Wildman–Crippen MR) is 109 cm³/mol. The molecular formula is C18H30N6S. The second kappa shape index (κ2) is 8.17. The zero-order chi connectivity index (χ0) is 17.8. The fraction of sp³-hybridized carbons (Fsp3) is 0.722. The highest BCUT2D eigenvalue weighted by Crippen LogP contribution is 2.29. The van der Waals surface area contributed by atoms with Crippen molar-refractivity contribution in [2.24, 2.45) is 11.8 Å². The Hall–Kier alpha value is -1.63. The molecule has 2 unspecified atom stereocenters. The van der Waals surface area contributed by atoms with Crippen LogP contribution >= 0.6 is 12.2 Å². The smallest absolute Gasteiger partial charge is 0.232 e. The molecule has 2 fully saturated rings. The average molecular weight is 363 g/mol. The van der Waals surface area contributed by atoms with E-state index in [2.05, 4.69) is 40.3 Å². The van der Waals surface area contributed by atoms with Crippen molar-refractivity contribution in [2.75, 3.05) is 48.3 Å². The van der Waals surface area contributed by atoms with E-state index in [1.54, 1.807) is 7.05 Å². The third-order valence-electron chi connectivity index (χ3n) is 5.02. The van der Waals surface area contributed by atoms with Crippen LogP contribution in [0.1, 0.15) is 39.5 Å². The summed E-state index contributed by atoms with van der Waals surface area (Å²) in [6.45, 7) is 8.89. The Labute approximate surface area is 156 Å². The van der Waals surface area contributed by atoms with Crippen LogP contribution in [0.3, 0.4) is 0 Å². The van der Waals surface area contributed by atoms with Crippen molar-refractivity contribution in [3.8, 4) is 0 Å². The highest BCUT2D eigenvalue weighted by molar-refractivity contribution is 7.80. The molecule has 2 saturated heterocycles. The van der Waals surface area contributed by atoms with Crippen LogP contribution in [0.25, 0.3) is 0 Å². The van der Waals surface area contributed by atoms with E-state index in [-0.39, 0.29) is 0 Å². The van der Waals surface area contributed by atoms with Crippen LogP contribution in [0.2, 0.25) is 0 Å². The molecule has 2 atom stereocenters. The third-order valence-corrected chi connectivity index (χ3v) is 5.33. The molecule has 25 heavy (non-hydrogen) atoms. The molecule has 2 N–H and O–H groups in total. The molecule has 3 heterocycles. The maximum atomic E-state index is 5.24. The highest BCUT2D eigenvalue weighted by Gasteiger charge is 2.24. The van der Waals surface area contributed by atoms with Crippen molar-refractivity contribution in [3.63, 3.8) is 0 Å². The third kappa shape index (κ3) is 4.71. The number of piperidine rings is 2. The van der Waals surface area contributed by atoms with Gasteiger partial charge in [0.2, 0.25) is 5.95 Å². The summed E-state index contributed by atoms with van der Waals surface area (Å²) in [5.41, 5.74) is 0. The fourth-order valence-electron chi connectivity index (χ4n) is 3.94. The van der Waals surface area contributed by atoms with Gasteiger partial charge in [0, 0.05) is 39.3 Å². The van der Waals surface area contributed by atoms with Gasteiger partial charge in [0.05, 0.1) is 0 Å². The highest BCUT2D eigenvalue weighted by atomic mass is 32.1. The molecule has 138 valence electrons. The predicted octanol–water partition coefficient (Wildman–Crippen LogP) is 2.87. The van der Waals surface area contributed by atoms with E-state index in [0.717, 1.165) is 37.8 Å². The van der Waals surface area contributed by atoms with Crippen molar-refractivity contribution in [3.05, 3.63) is 6.07 Å². The Balaban J connectivity index is 1.89. The quantitative estimate of drug-likeness (QED) is 0.802. The number of hydrogen-bond acceptors (Lipinski definition) is 5. The van der Waals surface area contributed by atoms with Crippen LogP contribution in [0.15, 0.2) is 6.07 Å². The SMILES string of the molecule is CNC(=S)Nc1nc(N2CCCCC2)cc(N2CC(C)CC(C)C2)n1. The van der Waals surface area contributed by atoms with Gasteiger partial charge in [0.25, 0.3) is 0 Å². The first-order valence-corrected chi connectivity index (χ1v) is 9.83. The van der Waals surface area contributed by atoms with Crippen molar-refractivity contribution < 1.29 is 0 Å². The molecule has 0 saturated carbocycles. The average Bonchev–Trinajstić information content (AvgIpc) is 2.61. The zero-order valence-electron chi connectivity index (χ0n) is 15.6. The molecule has 7 heteroatoms. The maximum absolute atomic E-state index is 5.24. The monoisotopic (exact) mass is 362 g/mol. The summed E-state index contributed by atoms with van der Waals surface area (Å²) in [7, 11) is 1.80. The molecule has 2 aliphatic heterocycles. The van der Waals surface area contributed by atoms with Gasteiger partial charge in [-0.3, -0.25) is 0 Å². The Bertz CT molecular complexity index is 591. The molecule has 0 aliphatic carbocycles. The van der Waals surface area contributed by atoms with Gasteiger partial charge in [-0.1, -0.05) is 13.8 Å². The standard InChI is InChI=1S/C18H30N6S/c1-13-9-14(2)12-24(11-13)16-10-15(23-7-5-4-6-8-23)20-17(21-16)22-18(25)19-3/h10,13-14H,4-9,11-12H2,1-3H3,(H2,19,20,21,22,25). The second-order valence-corrected chi connectivity index (χ2v) is 7.92. The van der Waals surface area contributed by atoms with E-state index in [9.17, 15) is 0 Å². The molecule has 2 aliphatic rings. The number of anilines is 3. The lowest BCUT2D eigenvalue weighted by Gasteiger charge is -2.36. The van der Waals surface area contributed by atoms with Gasteiger partial charge in [-0.15, -0.1) is 0 Å². The van der Waals surface area contributed by atoms with Gasteiger partial charge < -0.3 is 20.4 Å². The van der Waals surface area contributed by atoms with Gasteiger partial charge in [0.15, 0.2) is 5.11 Å².